The minimum Gasteiger partial charge on any atom is -0.456 e. The zero-order chi connectivity index (χ0) is 41.4. The zero-order valence-corrected chi connectivity index (χ0v) is 32.9. The minimum atomic E-state index is -0.446. The SMILES string of the molecule is O=C(/C=C/c1ccccc1)Oc1ccc(/C=C\c2cc3ccccc3c3c2OCOc2c(/C=C\c4ccc(OC(=O)/C=C/c5ccccc5)cc4)cc4ccccc4c2-3)cc1. The monoisotopic (exact) mass is 794 g/mol. The van der Waals surface area contributed by atoms with E-state index < -0.39 is 11.9 Å². The number of fused-ring (bicyclic) bond motifs is 7. The molecule has 1 aliphatic rings. The van der Waals surface area contributed by atoms with Crippen LogP contribution in [-0.2, 0) is 9.59 Å². The lowest BCUT2D eigenvalue weighted by atomic mass is 9.88. The van der Waals surface area contributed by atoms with E-state index in [1.165, 1.54) is 12.2 Å². The normalized spacial score (nSPS) is 12.3. The summed E-state index contributed by atoms with van der Waals surface area (Å²) >= 11 is 0. The third-order valence-electron chi connectivity index (χ3n) is 10.2. The van der Waals surface area contributed by atoms with Gasteiger partial charge in [0.05, 0.1) is 0 Å². The molecule has 0 radical (unpaired) electrons. The first-order valence-electron chi connectivity index (χ1n) is 19.9. The molecule has 0 spiro atoms. The highest BCUT2D eigenvalue weighted by Gasteiger charge is 2.26. The first-order chi connectivity index (χ1) is 30.0. The van der Waals surface area contributed by atoms with Crippen molar-refractivity contribution in [3.05, 3.63) is 215 Å². The van der Waals surface area contributed by atoms with Gasteiger partial charge in [0.15, 0.2) is 0 Å². The maximum absolute atomic E-state index is 12.5. The molecule has 0 N–H and O–H groups in total. The van der Waals surface area contributed by atoms with Gasteiger partial charge in [0.25, 0.3) is 0 Å². The molecule has 0 amide bonds. The van der Waals surface area contributed by atoms with E-state index in [9.17, 15) is 9.59 Å². The van der Waals surface area contributed by atoms with E-state index in [2.05, 4.69) is 36.4 Å². The third-order valence-corrected chi connectivity index (χ3v) is 10.2. The van der Waals surface area contributed by atoms with Crippen LogP contribution in [0.15, 0.2) is 182 Å². The number of hydrogen-bond acceptors (Lipinski definition) is 6. The molecular formula is C55H38O6. The first-order valence-corrected chi connectivity index (χ1v) is 19.9. The van der Waals surface area contributed by atoms with Crippen LogP contribution in [0.1, 0.15) is 33.4 Å². The number of esters is 2. The molecule has 0 saturated heterocycles. The Morgan fingerprint density at radius 3 is 1.21 bits per heavy atom. The van der Waals surface area contributed by atoms with Crippen molar-refractivity contribution in [3.8, 4) is 34.1 Å². The Labute approximate surface area is 353 Å². The standard InChI is InChI=1S/C55H38O6/c56-50(33-25-38-11-3-1-4-12-38)60-46-29-21-40(22-30-46)19-27-44-35-42-15-7-9-17-48(42)52-53-49-18-10-8-16-43(49)36-45(55(53)59-37-58-54(44)52)28-20-41-23-31-47(32-24-41)61-51(57)34-26-39-13-5-2-6-14-39/h1-36H,37H2/b27-19-,28-20-,33-25+,34-26+. The minimum absolute atomic E-state index is 0.00985. The second-order valence-corrected chi connectivity index (χ2v) is 14.3. The summed E-state index contributed by atoms with van der Waals surface area (Å²) in [4.78, 5) is 24.9. The molecule has 0 saturated carbocycles. The maximum Gasteiger partial charge on any atom is 0.336 e. The van der Waals surface area contributed by atoms with Gasteiger partial charge in [-0.25, -0.2) is 9.59 Å². The molecule has 0 unspecified atom stereocenters. The van der Waals surface area contributed by atoms with Crippen molar-refractivity contribution in [2.24, 2.45) is 0 Å². The molecule has 6 heteroatoms. The molecule has 9 rings (SSSR count). The van der Waals surface area contributed by atoms with Crippen molar-refractivity contribution in [3.63, 3.8) is 0 Å². The lowest BCUT2D eigenvalue weighted by Crippen LogP contribution is -2.05. The van der Waals surface area contributed by atoms with Crippen LogP contribution >= 0.6 is 0 Å². The predicted octanol–water partition coefficient (Wildman–Crippen LogP) is 13.0. The Morgan fingerprint density at radius 2 is 0.787 bits per heavy atom. The number of benzene rings is 8. The second kappa shape index (κ2) is 17.7. The number of rotatable bonds is 10. The molecule has 6 nitrogen and oxygen atoms in total. The molecular weight excluding hydrogens is 757 g/mol. The quantitative estimate of drug-likeness (QED) is 0.0594. The zero-order valence-electron chi connectivity index (χ0n) is 32.9. The van der Waals surface area contributed by atoms with Gasteiger partial charge in [-0.3, -0.25) is 0 Å². The average molecular weight is 795 g/mol. The van der Waals surface area contributed by atoms with E-state index >= 15 is 0 Å². The largest absolute Gasteiger partial charge is 0.456 e. The lowest BCUT2D eigenvalue weighted by molar-refractivity contribution is -0.129. The highest BCUT2D eigenvalue weighted by Crippen LogP contribution is 2.50. The highest BCUT2D eigenvalue weighted by atomic mass is 16.7. The molecule has 8 aromatic carbocycles. The van der Waals surface area contributed by atoms with Gasteiger partial charge in [-0.05, 0) is 92.3 Å². The predicted molar refractivity (Wildman–Crippen MR) is 246 cm³/mol. The molecule has 0 bridgehead atoms. The molecule has 0 fully saturated rings. The summed E-state index contributed by atoms with van der Waals surface area (Å²) in [6.45, 7) is 0.00985. The van der Waals surface area contributed by atoms with E-state index in [-0.39, 0.29) is 6.79 Å². The van der Waals surface area contributed by atoms with Crippen molar-refractivity contribution < 1.29 is 28.5 Å². The summed E-state index contributed by atoms with van der Waals surface area (Å²) in [7, 11) is 0. The van der Waals surface area contributed by atoms with Crippen LogP contribution in [0.3, 0.4) is 0 Å². The van der Waals surface area contributed by atoms with Crippen molar-refractivity contribution in [1.29, 1.82) is 0 Å². The number of ether oxygens (including phenoxy) is 4. The summed E-state index contributed by atoms with van der Waals surface area (Å²) in [6, 6.07) is 54.9. The summed E-state index contributed by atoms with van der Waals surface area (Å²) in [5.41, 5.74) is 7.40. The smallest absolute Gasteiger partial charge is 0.336 e. The van der Waals surface area contributed by atoms with Crippen molar-refractivity contribution in [1.82, 2.24) is 0 Å². The fraction of sp³-hybridized carbons (Fsp3) is 0.0182. The fourth-order valence-electron chi connectivity index (χ4n) is 7.33. The molecule has 294 valence electrons. The molecule has 61 heavy (non-hydrogen) atoms. The third kappa shape index (κ3) is 8.94. The summed E-state index contributed by atoms with van der Waals surface area (Å²) in [5.74, 6) is 1.47. The topological polar surface area (TPSA) is 71.1 Å². The van der Waals surface area contributed by atoms with Crippen LogP contribution in [0.5, 0.6) is 23.0 Å². The summed E-state index contributed by atoms with van der Waals surface area (Å²) in [5, 5.41) is 4.21. The van der Waals surface area contributed by atoms with Crippen molar-refractivity contribution in [2.75, 3.05) is 6.79 Å². The molecule has 1 heterocycles. The van der Waals surface area contributed by atoms with Crippen LogP contribution in [0.25, 0.3) is 69.1 Å². The van der Waals surface area contributed by atoms with Gasteiger partial charge in [-0.2, -0.15) is 0 Å². The molecule has 8 aromatic rings. The van der Waals surface area contributed by atoms with Crippen LogP contribution in [0.4, 0.5) is 0 Å². The van der Waals surface area contributed by atoms with E-state index in [1.54, 1.807) is 36.4 Å². The molecule has 0 aromatic heterocycles. The molecule has 1 aliphatic heterocycles. The van der Waals surface area contributed by atoms with E-state index in [1.807, 2.05) is 133 Å². The summed E-state index contributed by atoms with van der Waals surface area (Å²) < 4.78 is 24.1. The number of hydrogen-bond donors (Lipinski definition) is 0. The number of carbonyl (C=O) groups excluding carboxylic acids is 2. The highest BCUT2D eigenvalue weighted by molar-refractivity contribution is 6.12. The molecule has 0 atom stereocenters. The fourth-order valence-corrected chi connectivity index (χ4v) is 7.33. The molecule has 0 aliphatic carbocycles. The Balaban J connectivity index is 1.01. The van der Waals surface area contributed by atoms with Crippen LogP contribution in [0, 0.1) is 0 Å². The lowest BCUT2D eigenvalue weighted by Gasteiger charge is -2.17. The Bertz CT molecular complexity index is 2790. The van der Waals surface area contributed by atoms with E-state index in [0.717, 1.165) is 77.6 Å². The Hall–Kier alpha value is -8.22. The van der Waals surface area contributed by atoms with Gasteiger partial charge in [-0.1, -0.05) is 158 Å². The number of carbonyl (C=O) groups is 2. The maximum atomic E-state index is 12.5. The van der Waals surface area contributed by atoms with Crippen LogP contribution in [0.2, 0.25) is 0 Å². The Morgan fingerprint density at radius 1 is 0.410 bits per heavy atom. The first kappa shape index (κ1) is 38.3. The van der Waals surface area contributed by atoms with Crippen molar-refractivity contribution >= 4 is 69.9 Å². The van der Waals surface area contributed by atoms with Gasteiger partial charge < -0.3 is 18.9 Å². The van der Waals surface area contributed by atoms with Gasteiger partial charge in [0, 0.05) is 34.4 Å². The van der Waals surface area contributed by atoms with E-state index in [4.69, 9.17) is 18.9 Å². The Kier molecular flexibility index (Phi) is 11.1. The van der Waals surface area contributed by atoms with Gasteiger partial charge in [0.1, 0.15) is 23.0 Å². The van der Waals surface area contributed by atoms with Gasteiger partial charge in [0.2, 0.25) is 6.79 Å². The van der Waals surface area contributed by atoms with E-state index in [0.29, 0.717) is 11.5 Å². The van der Waals surface area contributed by atoms with Crippen molar-refractivity contribution in [2.45, 2.75) is 0 Å². The summed E-state index contributed by atoms with van der Waals surface area (Å²) in [6.07, 6.45) is 14.4. The van der Waals surface area contributed by atoms with Crippen LogP contribution < -0.4 is 18.9 Å². The van der Waals surface area contributed by atoms with Gasteiger partial charge >= 0.3 is 11.9 Å². The average Bonchev–Trinajstić information content (AvgIpc) is 3.51. The van der Waals surface area contributed by atoms with Gasteiger partial charge in [-0.15, -0.1) is 0 Å². The van der Waals surface area contributed by atoms with Crippen LogP contribution in [-0.4, -0.2) is 18.7 Å². The second-order valence-electron chi connectivity index (χ2n) is 14.3.